The highest BCUT2D eigenvalue weighted by Crippen LogP contribution is 2.19. The van der Waals surface area contributed by atoms with Crippen LogP contribution in [0.3, 0.4) is 0 Å². The van der Waals surface area contributed by atoms with Crippen LogP contribution in [0.25, 0.3) is 0 Å². The molecule has 0 atom stereocenters. The molecule has 0 aliphatic rings. The van der Waals surface area contributed by atoms with Crippen LogP contribution in [0.4, 0.5) is 5.69 Å². The first-order valence-corrected chi connectivity index (χ1v) is 9.04. The van der Waals surface area contributed by atoms with Gasteiger partial charge in [0.05, 0.1) is 10.6 Å². The van der Waals surface area contributed by atoms with Gasteiger partial charge < -0.3 is 5.73 Å². The Morgan fingerprint density at radius 1 is 1.21 bits per heavy atom. The molecule has 0 bridgehead atoms. The van der Waals surface area contributed by atoms with Crippen molar-refractivity contribution in [2.45, 2.75) is 11.8 Å². The largest absolute Gasteiger partial charge is 0.399 e. The molecule has 0 aliphatic carbocycles. The van der Waals surface area contributed by atoms with Crippen LogP contribution in [0.1, 0.15) is 5.56 Å². The van der Waals surface area contributed by atoms with Gasteiger partial charge in [-0.3, -0.25) is 0 Å². The van der Waals surface area contributed by atoms with Gasteiger partial charge in [-0.15, -0.1) is 0 Å². The first-order chi connectivity index (χ1) is 8.54. The summed E-state index contributed by atoms with van der Waals surface area (Å²) in [6.07, 6.45) is 1.07. The molecule has 6 nitrogen and oxygen atoms in total. The highest BCUT2D eigenvalue weighted by Gasteiger charge is 2.22. The number of sulfone groups is 1. The van der Waals surface area contributed by atoms with Crippen molar-refractivity contribution in [1.82, 2.24) is 4.31 Å². The summed E-state index contributed by atoms with van der Waals surface area (Å²) in [5.74, 6) is -0.212. The smallest absolute Gasteiger partial charge is 0.242 e. The highest BCUT2D eigenvalue weighted by atomic mass is 32.2. The number of benzene rings is 1. The van der Waals surface area contributed by atoms with Crippen molar-refractivity contribution in [1.29, 1.82) is 0 Å². The molecule has 0 saturated carbocycles. The monoisotopic (exact) mass is 306 g/mol. The van der Waals surface area contributed by atoms with Crippen LogP contribution in [-0.2, 0) is 19.9 Å². The molecule has 0 unspecified atom stereocenters. The lowest BCUT2D eigenvalue weighted by Crippen LogP contribution is -2.31. The van der Waals surface area contributed by atoms with Crippen molar-refractivity contribution < 1.29 is 16.8 Å². The number of nitrogen functional groups attached to an aromatic ring is 1. The van der Waals surface area contributed by atoms with Crippen molar-refractivity contribution in [3.63, 3.8) is 0 Å². The SMILES string of the molecule is Cc1cc(S(=O)(=O)N(C)CCS(C)(=O)=O)ccc1N. The molecule has 1 rings (SSSR count). The standard InChI is InChI=1S/C11H18N2O4S2/c1-9-8-10(4-5-11(9)12)19(16,17)13(2)6-7-18(3,14)15/h4-5,8H,6-7,12H2,1-3H3. The lowest BCUT2D eigenvalue weighted by Gasteiger charge is -2.17. The number of aryl methyl sites for hydroxylation is 1. The van der Waals surface area contributed by atoms with Crippen molar-refractivity contribution in [2.24, 2.45) is 0 Å². The number of nitrogens with zero attached hydrogens (tertiary/aromatic N) is 1. The van der Waals surface area contributed by atoms with E-state index in [0.717, 1.165) is 10.6 Å². The molecule has 1 aromatic rings. The van der Waals surface area contributed by atoms with E-state index in [4.69, 9.17) is 5.73 Å². The fourth-order valence-corrected chi connectivity index (χ4v) is 3.38. The van der Waals surface area contributed by atoms with Gasteiger partial charge >= 0.3 is 0 Å². The molecule has 108 valence electrons. The van der Waals surface area contributed by atoms with E-state index in [2.05, 4.69) is 0 Å². The minimum Gasteiger partial charge on any atom is -0.399 e. The molecule has 0 amide bonds. The second kappa shape index (κ2) is 5.48. The molecule has 0 spiro atoms. The van der Waals surface area contributed by atoms with Gasteiger partial charge in [0.25, 0.3) is 0 Å². The Labute approximate surface area is 114 Å². The molecule has 0 aliphatic heterocycles. The molecule has 19 heavy (non-hydrogen) atoms. The minimum absolute atomic E-state index is 0.0788. The Kier molecular flexibility index (Phi) is 4.59. The summed E-state index contributed by atoms with van der Waals surface area (Å²) in [7, 11) is -5.54. The molecule has 0 fully saturated rings. The highest BCUT2D eigenvalue weighted by molar-refractivity contribution is 7.91. The number of hydrogen-bond donors (Lipinski definition) is 1. The first-order valence-electron chi connectivity index (χ1n) is 5.54. The van der Waals surface area contributed by atoms with Crippen LogP contribution >= 0.6 is 0 Å². The van der Waals surface area contributed by atoms with Crippen LogP contribution in [0, 0.1) is 6.92 Å². The van der Waals surface area contributed by atoms with Crippen molar-refractivity contribution in [3.05, 3.63) is 23.8 Å². The zero-order valence-electron chi connectivity index (χ0n) is 11.1. The number of rotatable bonds is 5. The van der Waals surface area contributed by atoms with Crippen LogP contribution in [-0.4, -0.2) is 46.7 Å². The lowest BCUT2D eigenvalue weighted by atomic mass is 10.2. The zero-order valence-corrected chi connectivity index (χ0v) is 12.8. The summed E-state index contributed by atoms with van der Waals surface area (Å²) < 4.78 is 47.6. The van der Waals surface area contributed by atoms with Crippen LogP contribution in [0.5, 0.6) is 0 Å². The summed E-state index contributed by atoms with van der Waals surface area (Å²) >= 11 is 0. The summed E-state index contributed by atoms with van der Waals surface area (Å²) in [5, 5.41) is 0. The van der Waals surface area contributed by atoms with E-state index in [0.29, 0.717) is 11.3 Å². The molecule has 2 N–H and O–H groups in total. The fourth-order valence-electron chi connectivity index (χ4n) is 1.40. The number of nitrogens with two attached hydrogens (primary N) is 1. The Bertz CT molecular complexity index is 666. The third-order valence-corrected chi connectivity index (χ3v) is 5.50. The van der Waals surface area contributed by atoms with Gasteiger partial charge in [-0.1, -0.05) is 0 Å². The summed E-state index contributed by atoms with van der Waals surface area (Å²) in [6.45, 7) is 1.63. The quantitative estimate of drug-likeness (QED) is 0.786. The van der Waals surface area contributed by atoms with Gasteiger partial charge in [-0.05, 0) is 30.7 Å². The predicted molar refractivity (Wildman–Crippen MR) is 75.1 cm³/mol. The molecular weight excluding hydrogens is 288 g/mol. The van der Waals surface area contributed by atoms with Crippen LogP contribution in [0.2, 0.25) is 0 Å². The number of anilines is 1. The minimum atomic E-state index is -3.69. The summed E-state index contributed by atoms with van der Waals surface area (Å²) in [5.41, 5.74) is 6.81. The van der Waals surface area contributed by atoms with Crippen molar-refractivity contribution in [3.8, 4) is 0 Å². The predicted octanol–water partition coefficient (Wildman–Crippen LogP) is 0.242. The molecule has 8 heteroatoms. The Hall–Kier alpha value is -1.12. The lowest BCUT2D eigenvalue weighted by molar-refractivity contribution is 0.485. The van der Waals surface area contributed by atoms with Gasteiger partial charge in [0.1, 0.15) is 9.84 Å². The van der Waals surface area contributed by atoms with E-state index < -0.39 is 19.9 Å². The Balaban J connectivity index is 3.00. The maximum absolute atomic E-state index is 12.2. The summed E-state index contributed by atoms with van der Waals surface area (Å²) in [6, 6.07) is 4.41. The topological polar surface area (TPSA) is 97.5 Å². The van der Waals surface area contributed by atoms with E-state index in [9.17, 15) is 16.8 Å². The van der Waals surface area contributed by atoms with Gasteiger partial charge in [0.2, 0.25) is 10.0 Å². The van der Waals surface area contributed by atoms with E-state index >= 15 is 0 Å². The third kappa shape index (κ3) is 4.19. The normalized spacial score (nSPS) is 12.8. The molecule has 0 radical (unpaired) electrons. The Morgan fingerprint density at radius 2 is 1.79 bits per heavy atom. The van der Waals surface area contributed by atoms with E-state index in [1.165, 1.54) is 25.2 Å². The van der Waals surface area contributed by atoms with E-state index in [-0.39, 0.29) is 17.2 Å². The van der Waals surface area contributed by atoms with E-state index in [1.54, 1.807) is 6.92 Å². The molecule has 0 heterocycles. The zero-order chi connectivity index (χ0) is 14.8. The molecular formula is C11H18N2O4S2. The van der Waals surface area contributed by atoms with Gasteiger partial charge in [-0.2, -0.15) is 4.31 Å². The maximum atomic E-state index is 12.2. The average molecular weight is 306 g/mol. The molecule has 0 aromatic heterocycles. The van der Waals surface area contributed by atoms with E-state index in [1.807, 2.05) is 0 Å². The van der Waals surface area contributed by atoms with Crippen LogP contribution in [0.15, 0.2) is 23.1 Å². The number of hydrogen-bond acceptors (Lipinski definition) is 5. The number of sulfonamides is 1. The molecule has 0 saturated heterocycles. The van der Waals surface area contributed by atoms with Crippen molar-refractivity contribution in [2.75, 3.05) is 31.3 Å². The second-order valence-corrected chi connectivity index (χ2v) is 8.78. The summed E-state index contributed by atoms with van der Waals surface area (Å²) in [4.78, 5) is 0.107. The van der Waals surface area contributed by atoms with Gasteiger partial charge in [0, 0.05) is 25.5 Å². The second-order valence-electron chi connectivity index (χ2n) is 4.47. The Morgan fingerprint density at radius 3 is 2.26 bits per heavy atom. The third-order valence-electron chi connectivity index (χ3n) is 2.73. The average Bonchev–Trinajstić information content (AvgIpc) is 2.28. The first kappa shape index (κ1) is 15.9. The maximum Gasteiger partial charge on any atom is 0.242 e. The fraction of sp³-hybridized carbons (Fsp3) is 0.455. The van der Waals surface area contributed by atoms with Gasteiger partial charge in [-0.25, -0.2) is 16.8 Å². The van der Waals surface area contributed by atoms with Gasteiger partial charge in [0.15, 0.2) is 0 Å². The van der Waals surface area contributed by atoms with Crippen LogP contribution < -0.4 is 5.73 Å². The molecule has 1 aromatic carbocycles. The van der Waals surface area contributed by atoms with Crippen molar-refractivity contribution >= 4 is 25.5 Å².